The number of anilines is 1. The summed E-state index contributed by atoms with van der Waals surface area (Å²) in [5, 5.41) is 11.6. The summed E-state index contributed by atoms with van der Waals surface area (Å²) in [5.74, 6) is 0.557. The molecule has 0 aliphatic heterocycles. The predicted molar refractivity (Wildman–Crippen MR) is 93.6 cm³/mol. The predicted octanol–water partition coefficient (Wildman–Crippen LogP) is 3.36. The lowest BCUT2D eigenvalue weighted by Crippen LogP contribution is -2.09. The third-order valence-electron chi connectivity index (χ3n) is 3.55. The minimum absolute atomic E-state index is 0.320. The van der Waals surface area contributed by atoms with Crippen molar-refractivity contribution in [2.75, 3.05) is 11.9 Å². The molecule has 0 fully saturated rings. The molecule has 10 heteroatoms. The Hall–Kier alpha value is -2.71. The highest BCUT2D eigenvalue weighted by molar-refractivity contribution is 6.42. The van der Waals surface area contributed by atoms with Gasteiger partial charge in [-0.1, -0.05) is 29.3 Å². The molecule has 0 spiro atoms. The Morgan fingerprint density at radius 1 is 1.08 bits per heavy atom. The van der Waals surface area contributed by atoms with Gasteiger partial charge in [-0.05, 0) is 22.4 Å². The molecular weight excluding hydrogens is 365 g/mol. The number of fused-ring (bicyclic) bond motifs is 1. The monoisotopic (exact) mass is 375 g/mol. The zero-order valence-electron chi connectivity index (χ0n) is 12.7. The fraction of sp³-hybridized carbons (Fsp3) is 0.133. The number of benzene rings is 1. The van der Waals surface area contributed by atoms with Crippen molar-refractivity contribution in [3.8, 4) is 11.3 Å². The highest BCUT2D eigenvalue weighted by Crippen LogP contribution is 2.31. The molecule has 4 rings (SSSR count). The Morgan fingerprint density at radius 2 is 1.92 bits per heavy atom. The summed E-state index contributed by atoms with van der Waals surface area (Å²) in [4.78, 5) is 16.0. The van der Waals surface area contributed by atoms with E-state index in [2.05, 4.69) is 35.6 Å². The van der Waals surface area contributed by atoms with Crippen molar-refractivity contribution in [2.24, 2.45) is 0 Å². The molecule has 0 unspecified atom stereocenters. The van der Waals surface area contributed by atoms with E-state index in [1.807, 2.05) is 6.07 Å². The molecule has 126 valence electrons. The van der Waals surface area contributed by atoms with E-state index in [1.54, 1.807) is 24.7 Å². The highest BCUT2D eigenvalue weighted by Gasteiger charge is 2.15. The van der Waals surface area contributed by atoms with Gasteiger partial charge < -0.3 is 10.3 Å². The van der Waals surface area contributed by atoms with Crippen molar-refractivity contribution in [2.45, 2.75) is 6.42 Å². The minimum atomic E-state index is 0.320. The molecule has 0 aliphatic carbocycles. The standard InChI is InChI=1S/C15H11Cl2N7O/c16-10-2-1-8(5-11(10)17)12-13(19-4-3-9-6-18-7-20-9)22-15-14(21-12)23-25-24-15/h1-2,5-7H,3-4H2,(H,18,20)(H,19,22,24). The molecule has 0 aliphatic rings. The smallest absolute Gasteiger partial charge is 0.245 e. The van der Waals surface area contributed by atoms with Crippen LogP contribution in [0.2, 0.25) is 10.0 Å². The maximum Gasteiger partial charge on any atom is 0.245 e. The van der Waals surface area contributed by atoms with Gasteiger partial charge in [-0.15, -0.1) is 0 Å². The van der Waals surface area contributed by atoms with Gasteiger partial charge in [0.2, 0.25) is 11.3 Å². The molecule has 1 aromatic carbocycles. The van der Waals surface area contributed by atoms with Crippen LogP contribution in [0, 0.1) is 0 Å². The van der Waals surface area contributed by atoms with E-state index in [0.717, 1.165) is 17.7 Å². The number of halogens is 2. The van der Waals surface area contributed by atoms with Crippen LogP contribution < -0.4 is 5.32 Å². The largest absolute Gasteiger partial charge is 0.368 e. The minimum Gasteiger partial charge on any atom is -0.368 e. The first kappa shape index (κ1) is 15.8. The van der Waals surface area contributed by atoms with Crippen molar-refractivity contribution < 1.29 is 4.63 Å². The number of nitrogens with zero attached hydrogens (tertiary/aromatic N) is 5. The number of imidazole rings is 1. The van der Waals surface area contributed by atoms with Crippen molar-refractivity contribution in [1.29, 1.82) is 0 Å². The molecule has 8 nitrogen and oxygen atoms in total. The van der Waals surface area contributed by atoms with Crippen LogP contribution >= 0.6 is 23.2 Å². The molecular formula is C15H11Cl2N7O. The lowest BCUT2D eigenvalue weighted by atomic mass is 10.1. The van der Waals surface area contributed by atoms with Gasteiger partial charge in [0.05, 0.1) is 16.4 Å². The number of aromatic amines is 1. The number of hydrogen-bond donors (Lipinski definition) is 2. The summed E-state index contributed by atoms with van der Waals surface area (Å²) in [5.41, 5.74) is 3.01. The number of aromatic nitrogens is 6. The molecule has 0 bridgehead atoms. The zero-order valence-corrected chi connectivity index (χ0v) is 14.2. The second kappa shape index (κ2) is 6.66. The van der Waals surface area contributed by atoms with Crippen LogP contribution in [-0.4, -0.2) is 36.8 Å². The Labute approximate surface area is 151 Å². The first-order valence-corrected chi connectivity index (χ1v) is 8.13. The van der Waals surface area contributed by atoms with E-state index >= 15 is 0 Å². The van der Waals surface area contributed by atoms with Crippen LogP contribution in [0.5, 0.6) is 0 Å². The summed E-state index contributed by atoms with van der Waals surface area (Å²) in [6, 6.07) is 5.26. The third kappa shape index (κ3) is 3.26. The maximum atomic E-state index is 6.13. The molecule has 25 heavy (non-hydrogen) atoms. The second-order valence-corrected chi connectivity index (χ2v) is 6.03. The van der Waals surface area contributed by atoms with Gasteiger partial charge in [0.25, 0.3) is 0 Å². The fourth-order valence-corrected chi connectivity index (χ4v) is 2.64. The molecule has 3 aromatic heterocycles. The average Bonchev–Trinajstić information content (AvgIpc) is 3.28. The zero-order chi connectivity index (χ0) is 17.2. The van der Waals surface area contributed by atoms with E-state index in [-0.39, 0.29) is 0 Å². The lowest BCUT2D eigenvalue weighted by Gasteiger charge is -2.10. The van der Waals surface area contributed by atoms with Gasteiger partial charge >= 0.3 is 0 Å². The molecule has 3 heterocycles. The Morgan fingerprint density at radius 3 is 2.68 bits per heavy atom. The molecule has 0 amide bonds. The molecule has 4 aromatic rings. The van der Waals surface area contributed by atoms with Gasteiger partial charge in [0, 0.05) is 30.4 Å². The average molecular weight is 376 g/mol. The Kier molecular flexibility index (Phi) is 4.21. The normalized spacial score (nSPS) is 11.1. The molecule has 2 N–H and O–H groups in total. The van der Waals surface area contributed by atoms with Crippen LogP contribution in [0.15, 0.2) is 35.4 Å². The van der Waals surface area contributed by atoms with Gasteiger partial charge in [-0.3, -0.25) is 0 Å². The van der Waals surface area contributed by atoms with Gasteiger partial charge in [-0.2, -0.15) is 0 Å². The fourth-order valence-electron chi connectivity index (χ4n) is 2.34. The molecule has 0 saturated carbocycles. The topological polar surface area (TPSA) is 105 Å². The summed E-state index contributed by atoms with van der Waals surface area (Å²) >= 11 is 12.1. The number of hydrogen-bond acceptors (Lipinski definition) is 7. The van der Waals surface area contributed by atoms with E-state index in [4.69, 9.17) is 27.8 Å². The van der Waals surface area contributed by atoms with E-state index in [0.29, 0.717) is 39.4 Å². The molecule has 0 atom stereocenters. The van der Waals surface area contributed by atoms with Crippen LogP contribution in [0.4, 0.5) is 5.82 Å². The van der Waals surface area contributed by atoms with Crippen LogP contribution in [0.1, 0.15) is 5.69 Å². The Bertz CT molecular complexity index is 1020. The second-order valence-electron chi connectivity index (χ2n) is 5.21. The highest BCUT2D eigenvalue weighted by atomic mass is 35.5. The SMILES string of the molecule is Clc1ccc(-c2nc3nonc3nc2NCCc2cnc[nH]2)cc1Cl. The maximum absolute atomic E-state index is 6.13. The first-order valence-electron chi connectivity index (χ1n) is 7.37. The number of nitrogens with one attached hydrogen (secondary N) is 2. The van der Waals surface area contributed by atoms with Gasteiger partial charge in [-0.25, -0.2) is 19.6 Å². The third-order valence-corrected chi connectivity index (χ3v) is 4.29. The Balaban J connectivity index is 1.69. The van der Waals surface area contributed by atoms with Crippen LogP contribution in [0.25, 0.3) is 22.6 Å². The molecule has 0 saturated heterocycles. The summed E-state index contributed by atoms with van der Waals surface area (Å²) < 4.78 is 4.70. The van der Waals surface area contributed by atoms with Gasteiger partial charge in [0.1, 0.15) is 5.69 Å². The lowest BCUT2D eigenvalue weighted by molar-refractivity contribution is 0.314. The van der Waals surface area contributed by atoms with Crippen molar-refractivity contribution in [3.05, 3.63) is 46.5 Å². The molecule has 0 radical (unpaired) electrons. The number of rotatable bonds is 5. The number of H-pyrrole nitrogens is 1. The summed E-state index contributed by atoms with van der Waals surface area (Å²) in [7, 11) is 0. The van der Waals surface area contributed by atoms with Crippen LogP contribution in [-0.2, 0) is 6.42 Å². The van der Waals surface area contributed by atoms with E-state index in [9.17, 15) is 0 Å². The van der Waals surface area contributed by atoms with Crippen molar-refractivity contribution >= 4 is 40.3 Å². The first-order chi connectivity index (χ1) is 12.2. The van der Waals surface area contributed by atoms with Crippen molar-refractivity contribution in [3.63, 3.8) is 0 Å². The van der Waals surface area contributed by atoms with Crippen LogP contribution in [0.3, 0.4) is 0 Å². The summed E-state index contributed by atoms with van der Waals surface area (Å²) in [6.45, 7) is 0.627. The van der Waals surface area contributed by atoms with E-state index < -0.39 is 0 Å². The van der Waals surface area contributed by atoms with Gasteiger partial charge in [0.15, 0.2) is 5.82 Å². The quantitative estimate of drug-likeness (QED) is 0.550. The van der Waals surface area contributed by atoms with E-state index in [1.165, 1.54) is 0 Å². The summed E-state index contributed by atoms with van der Waals surface area (Å²) in [6.07, 6.45) is 4.17. The van der Waals surface area contributed by atoms with Crippen molar-refractivity contribution in [1.82, 2.24) is 30.2 Å².